The zero-order chi connectivity index (χ0) is 20.9. The number of aryl methyl sites for hydroxylation is 2. The van der Waals surface area contributed by atoms with Crippen molar-refractivity contribution >= 4 is 51.4 Å². The fourth-order valence-electron chi connectivity index (χ4n) is 3.46. The maximum Gasteiger partial charge on any atom is 0.283 e. The molecule has 0 radical (unpaired) electrons. The molecule has 0 fully saturated rings. The largest absolute Gasteiger partial charge is 0.318 e. The fraction of sp³-hybridized carbons (Fsp3) is 0.238. The molecule has 0 aliphatic carbocycles. The lowest BCUT2D eigenvalue weighted by Crippen LogP contribution is -2.35. The molecule has 29 heavy (non-hydrogen) atoms. The SMILES string of the molecule is CCC1=NN2C(=N)/C(=C/c3cc(C)n(-c4cc(Cl)ccc4C)c3C)C(=O)N=C2S1. The van der Waals surface area contributed by atoms with Gasteiger partial charge in [-0.3, -0.25) is 10.2 Å². The Morgan fingerprint density at radius 3 is 2.72 bits per heavy atom. The normalized spacial score (nSPS) is 17.7. The molecule has 2 aliphatic rings. The highest BCUT2D eigenvalue weighted by atomic mass is 35.5. The number of benzene rings is 1. The Morgan fingerprint density at radius 2 is 2.00 bits per heavy atom. The number of nitrogens with one attached hydrogen (secondary N) is 1. The molecule has 4 rings (SSSR count). The van der Waals surface area contributed by atoms with Crippen LogP contribution in [0, 0.1) is 26.2 Å². The Morgan fingerprint density at radius 1 is 1.24 bits per heavy atom. The summed E-state index contributed by atoms with van der Waals surface area (Å²) in [6.45, 7) is 8.02. The minimum absolute atomic E-state index is 0.0553. The standard InChI is InChI=1S/C21H20ClN5OS/c1-5-18-25-27-19(23)16(20(28)24-21(27)29-18)9-14-8-12(3)26(13(14)4)17-10-15(22)7-6-11(17)2/h6-10,23H,5H2,1-4H3/b16-9-,23-19?. The predicted molar refractivity (Wildman–Crippen MR) is 120 cm³/mol. The van der Waals surface area contributed by atoms with Crippen molar-refractivity contribution in [2.45, 2.75) is 34.1 Å². The van der Waals surface area contributed by atoms with E-state index >= 15 is 0 Å². The minimum Gasteiger partial charge on any atom is -0.318 e. The molecule has 0 saturated carbocycles. The highest BCUT2D eigenvalue weighted by molar-refractivity contribution is 8.26. The fourth-order valence-corrected chi connectivity index (χ4v) is 4.45. The number of hydrogen-bond acceptors (Lipinski definition) is 4. The average Bonchev–Trinajstić information content (AvgIpc) is 3.21. The predicted octanol–water partition coefficient (Wildman–Crippen LogP) is 5.09. The van der Waals surface area contributed by atoms with Crippen LogP contribution in [0.5, 0.6) is 0 Å². The Balaban J connectivity index is 1.78. The third-order valence-electron chi connectivity index (χ3n) is 4.98. The van der Waals surface area contributed by atoms with Crippen LogP contribution in [0.2, 0.25) is 5.02 Å². The second kappa shape index (κ2) is 7.31. The van der Waals surface area contributed by atoms with Crippen molar-refractivity contribution in [1.29, 1.82) is 5.41 Å². The lowest BCUT2D eigenvalue weighted by molar-refractivity contribution is -0.114. The number of hydrogen-bond donors (Lipinski definition) is 1. The lowest BCUT2D eigenvalue weighted by Gasteiger charge is -2.20. The van der Waals surface area contributed by atoms with E-state index in [4.69, 9.17) is 17.0 Å². The van der Waals surface area contributed by atoms with Crippen LogP contribution in [0.3, 0.4) is 0 Å². The number of amides is 1. The van der Waals surface area contributed by atoms with Gasteiger partial charge in [0.05, 0.1) is 5.57 Å². The number of amidine groups is 2. The van der Waals surface area contributed by atoms with Crippen LogP contribution in [0.1, 0.15) is 35.9 Å². The number of fused-ring (bicyclic) bond motifs is 1. The summed E-state index contributed by atoms with van der Waals surface area (Å²) in [5.41, 5.74) is 5.17. The quantitative estimate of drug-likeness (QED) is 0.696. The van der Waals surface area contributed by atoms with Gasteiger partial charge in [-0.05, 0) is 74.4 Å². The molecule has 148 valence electrons. The summed E-state index contributed by atoms with van der Waals surface area (Å²) in [6.07, 6.45) is 2.47. The molecule has 1 amide bonds. The number of nitrogens with zero attached hydrogens (tertiary/aromatic N) is 4. The van der Waals surface area contributed by atoms with E-state index < -0.39 is 5.91 Å². The van der Waals surface area contributed by atoms with Crippen molar-refractivity contribution in [3.63, 3.8) is 0 Å². The molecule has 2 aromatic rings. The maximum absolute atomic E-state index is 12.6. The van der Waals surface area contributed by atoms with Crippen molar-refractivity contribution in [1.82, 2.24) is 9.58 Å². The van der Waals surface area contributed by atoms with Gasteiger partial charge in [-0.2, -0.15) is 15.1 Å². The van der Waals surface area contributed by atoms with Crippen LogP contribution in [0.25, 0.3) is 11.8 Å². The van der Waals surface area contributed by atoms with Crippen molar-refractivity contribution < 1.29 is 4.79 Å². The summed E-state index contributed by atoms with van der Waals surface area (Å²) in [5, 5.41) is 16.3. The Bertz CT molecular complexity index is 1160. The van der Waals surface area contributed by atoms with Crippen molar-refractivity contribution in [3.05, 3.63) is 57.4 Å². The molecule has 0 unspecified atom stereocenters. The molecule has 2 aliphatic heterocycles. The van der Waals surface area contributed by atoms with Crippen molar-refractivity contribution in [2.75, 3.05) is 0 Å². The number of hydrazone groups is 1. The molecule has 1 N–H and O–H groups in total. The molecule has 1 aromatic carbocycles. The Labute approximate surface area is 178 Å². The third kappa shape index (κ3) is 3.34. The molecule has 0 bridgehead atoms. The van der Waals surface area contributed by atoms with Gasteiger partial charge in [0.25, 0.3) is 5.91 Å². The Kier molecular flexibility index (Phi) is 4.96. The van der Waals surface area contributed by atoms with E-state index in [-0.39, 0.29) is 11.4 Å². The average molecular weight is 426 g/mol. The van der Waals surface area contributed by atoms with E-state index in [1.807, 2.05) is 52.0 Å². The molecular weight excluding hydrogens is 406 g/mol. The van der Waals surface area contributed by atoms with Gasteiger partial charge in [0.2, 0.25) is 5.17 Å². The lowest BCUT2D eigenvalue weighted by atomic mass is 10.1. The monoisotopic (exact) mass is 425 g/mol. The number of carbonyl (C=O) groups excluding carboxylic acids is 1. The van der Waals surface area contributed by atoms with Gasteiger partial charge in [-0.1, -0.05) is 24.6 Å². The van der Waals surface area contributed by atoms with E-state index in [0.717, 1.165) is 39.7 Å². The van der Waals surface area contributed by atoms with Gasteiger partial charge in [-0.15, -0.1) is 0 Å². The summed E-state index contributed by atoms with van der Waals surface area (Å²) in [6, 6.07) is 7.79. The first kappa shape index (κ1) is 19.7. The summed E-state index contributed by atoms with van der Waals surface area (Å²) in [4.78, 5) is 16.7. The minimum atomic E-state index is -0.412. The number of halogens is 1. The molecule has 3 heterocycles. The van der Waals surface area contributed by atoms with Gasteiger partial charge in [0.15, 0.2) is 5.84 Å². The van der Waals surface area contributed by atoms with Gasteiger partial charge in [-0.25, -0.2) is 0 Å². The first-order valence-electron chi connectivity index (χ1n) is 9.24. The molecule has 8 heteroatoms. The van der Waals surface area contributed by atoms with Crippen molar-refractivity contribution in [2.24, 2.45) is 10.1 Å². The number of aromatic nitrogens is 1. The van der Waals surface area contributed by atoms with E-state index in [0.29, 0.717) is 10.2 Å². The number of carbonyl (C=O) groups is 1. The molecule has 1 aromatic heterocycles. The van der Waals surface area contributed by atoms with Crippen LogP contribution < -0.4 is 0 Å². The summed E-state index contributed by atoms with van der Waals surface area (Å²) in [7, 11) is 0. The zero-order valence-corrected chi connectivity index (χ0v) is 18.1. The van der Waals surface area contributed by atoms with Gasteiger partial charge < -0.3 is 4.57 Å². The van der Waals surface area contributed by atoms with E-state index in [2.05, 4.69) is 14.7 Å². The van der Waals surface area contributed by atoms with Gasteiger partial charge in [0.1, 0.15) is 5.04 Å². The van der Waals surface area contributed by atoms with E-state index in [1.54, 1.807) is 6.08 Å². The maximum atomic E-state index is 12.6. The first-order valence-corrected chi connectivity index (χ1v) is 10.4. The smallest absolute Gasteiger partial charge is 0.283 e. The number of aliphatic imine (C=N–C) groups is 1. The van der Waals surface area contributed by atoms with E-state index in [9.17, 15) is 4.79 Å². The first-order chi connectivity index (χ1) is 13.8. The van der Waals surface area contributed by atoms with Crippen LogP contribution in [-0.2, 0) is 4.79 Å². The third-order valence-corrected chi connectivity index (χ3v) is 6.27. The van der Waals surface area contributed by atoms with Crippen LogP contribution in [-0.4, -0.2) is 31.5 Å². The highest BCUT2D eigenvalue weighted by Gasteiger charge is 2.35. The summed E-state index contributed by atoms with van der Waals surface area (Å²) >= 11 is 7.56. The van der Waals surface area contributed by atoms with E-state index in [1.165, 1.54) is 16.8 Å². The zero-order valence-electron chi connectivity index (χ0n) is 16.6. The number of rotatable bonds is 3. The molecular formula is C21H20ClN5OS. The summed E-state index contributed by atoms with van der Waals surface area (Å²) in [5.74, 6) is -0.357. The second-order valence-corrected chi connectivity index (χ2v) is 8.44. The van der Waals surface area contributed by atoms with Crippen molar-refractivity contribution in [3.8, 4) is 5.69 Å². The second-order valence-electron chi connectivity index (χ2n) is 6.96. The van der Waals surface area contributed by atoms with Gasteiger partial charge >= 0.3 is 0 Å². The van der Waals surface area contributed by atoms with Crippen LogP contribution in [0.4, 0.5) is 0 Å². The molecule has 6 nitrogen and oxygen atoms in total. The Hall–Kier alpha value is -2.64. The molecule has 0 atom stereocenters. The van der Waals surface area contributed by atoms with Gasteiger partial charge in [0, 0.05) is 22.1 Å². The summed E-state index contributed by atoms with van der Waals surface area (Å²) < 4.78 is 2.11. The topological polar surface area (TPSA) is 73.8 Å². The molecule has 0 saturated heterocycles. The molecule has 0 spiro atoms. The number of thioether (sulfide) groups is 1. The highest BCUT2D eigenvalue weighted by Crippen LogP contribution is 2.31. The van der Waals surface area contributed by atoms with Crippen LogP contribution in [0.15, 0.2) is 39.9 Å². The van der Waals surface area contributed by atoms with Crippen LogP contribution >= 0.6 is 23.4 Å².